The summed E-state index contributed by atoms with van der Waals surface area (Å²) in [5, 5.41) is 0. The number of hydrogen-bond donors (Lipinski definition) is 1. The number of Topliss-reactive ketones (excluding diaryl/α,β-unsaturated/α-hetero) is 1. The van der Waals surface area contributed by atoms with Crippen LogP contribution in [0.4, 0.5) is 5.69 Å². The quantitative estimate of drug-likeness (QED) is 0.642. The number of nitrogens with two attached hydrogens (primary N) is 1. The third kappa shape index (κ3) is 3.35. The molecule has 2 rings (SSSR count). The van der Waals surface area contributed by atoms with Gasteiger partial charge in [0.1, 0.15) is 0 Å². The molecule has 0 heterocycles. The predicted octanol–water partition coefficient (Wildman–Crippen LogP) is 4.57. The van der Waals surface area contributed by atoms with Crippen molar-refractivity contribution < 1.29 is 4.79 Å². The van der Waals surface area contributed by atoms with Crippen molar-refractivity contribution in [3.05, 3.63) is 28.2 Å². The van der Waals surface area contributed by atoms with Gasteiger partial charge < -0.3 is 5.73 Å². The summed E-state index contributed by atoms with van der Waals surface area (Å²) < 4.78 is 0.828. The number of carbonyl (C=O) groups is 1. The van der Waals surface area contributed by atoms with Crippen LogP contribution >= 0.6 is 15.9 Å². The molecule has 1 aliphatic carbocycles. The van der Waals surface area contributed by atoms with Crippen LogP contribution < -0.4 is 5.73 Å². The van der Waals surface area contributed by atoms with Gasteiger partial charge in [-0.2, -0.15) is 0 Å². The number of nitrogen functional groups attached to an aromatic ring is 1. The molecule has 1 aromatic carbocycles. The molecule has 0 bridgehead atoms. The molecule has 0 aliphatic heterocycles. The van der Waals surface area contributed by atoms with E-state index in [1.165, 1.54) is 32.1 Å². The van der Waals surface area contributed by atoms with Crippen molar-refractivity contribution in [3.8, 4) is 0 Å². The Kier molecular flexibility index (Phi) is 4.81. The van der Waals surface area contributed by atoms with E-state index in [1.54, 1.807) is 6.07 Å². The van der Waals surface area contributed by atoms with Crippen LogP contribution in [0.5, 0.6) is 0 Å². The lowest BCUT2D eigenvalue weighted by molar-refractivity contribution is 0.0897. The van der Waals surface area contributed by atoms with Crippen LogP contribution in [0.15, 0.2) is 22.7 Å². The molecule has 0 unspecified atom stereocenters. The van der Waals surface area contributed by atoms with E-state index >= 15 is 0 Å². The van der Waals surface area contributed by atoms with Gasteiger partial charge in [-0.15, -0.1) is 0 Å². The SMILES string of the molecule is Nc1ccc(C(=O)C2CCCCCCC2)c(Br)c1. The molecule has 3 heteroatoms. The Hall–Kier alpha value is -0.830. The zero-order valence-electron chi connectivity index (χ0n) is 10.6. The minimum absolute atomic E-state index is 0.199. The van der Waals surface area contributed by atoms with Crippen molar-refractivity contribution in [2.45, 2.75) is 44.9 Å². The van der Waals surface area contributed by atoms with E-state index in [9.17, 15) is 4.79 Å². The smallest absolute Gasteiger partial charge is 0.167 e. The first kappa shape index (κ1) is 13.6. The van der Waals surface area contributed by atoms with Crippen molar-refractivity contribution in [3.63, 3.8) is 0 Å². The molecular formula is C15H20BrNO. The standard InChI is InChI=1S/C15H20BrNO/c16-14-10-12(17)8-9-13(14)15(18)11-6-4-2-1-3-5-7-11/h8-11H,1-7,17H2. The molecule has 2 nitrogen and oxygen atoms in total. The van der Waals surface area contributed by atoms with Gasteiger partial charge in [-0.05, 0) is 47.0 Å². The fraction of sp³-hybridized carbons (Fsp3) is 0.533. The largest absolute Gasteiger partial charge is 0.399 e. The summed E-state index contributed by atoms with van der Waals surface area (Å²) >= 11 is 3.45. The molecule has 1 fully saturated rings. The molecule has 0 radical (unpaired) electrons. The highest BCUT2D eigenvalue weighted by molar-refractivity contribution is 9.10. The van der Waals surface area contributed by atoms with Gasteiger partial charge in [0.2, 0.25) is 0 Å². The molecule has 0 saturated heterocycles. The summed E-state index contributed by atoms with van der Waals surface area (Å²) in [6.45, 7) is 0. The van der Waals surface area contributed by atoms with Crippen molar-refractivity contribution in [1.29, 1.82) is 0 Å². The van der Waals surface area contributed by atoms with Gasteiger partial charge in [0.25, 0.3) is 0 Å². The first-order valence-corrected chi connectivity index (χ1v) is 7.57. The van der Waals surface area contributed by atoms with E-state index in [-0.39, 0.29) is 11.7 Å². The Labute approximate surface area is 117 Å². The number of ketones is 1. The summed E-state index contributed by atoms with van der Waals surface area (Å²) in [6.07, 6.45) is 8.31. The Morgan fingerprint density at radius 1 is 1.11 bits per heavy atom. The van der Waals surface area contributed by atoms with E-state index in [0.29, 0.717) is 5.69 Å². The lowest BCUT2D eigenvalue weighted by Gasteiger charge is -2.19. The number of rotatable bonds is 2. The average molecular weight is 310 g/mol. The molecule has 0 atom stereocenters. The zero-order valence-corrected chi connectivity index (χ0v) is 12.2. The summed E-state index contributed by atoms with van der Waals surface area (Å²) in [5.74, 6) is 0.481. The number of hydrogen-bond acceptors (Lipinski definition) is 2. The Morgan fingerprint density at radius 2 is 1.72 bits per heavy atom. The van der Waals surface area contributed by atoms with Gasteiger partial charge >= 0.3 is 0 Å². The first-order chi connectivity index (χ1) is 8.68. The maximum Gasteiger partial charge on any atom is 0.167 e. The highest BCUT2D eigenvalue weighted by atomic mass is 79.9. The Morgan fingerprint density at radius 3 is 2.33 bits per heavy atom. The van der Waals surface area contributed by atoms with Gasteiger partial charge in [-0.3, -0.25) is 4.79 Å². The predicted molar refractivity (Wildman–Crippen MR) is 78.7 cm³/mol. The van der Waals surface area contributed by atoms with Crippen LogP contribution in [0, 0.1) is 5.92 Å². The van der Waals surface area contributed by atoms with Crippen LogP contribution in [-0.2, 0) is 0 Å². The molecule has 0 aromatic heterocycles. The highest BCUT2D eigenvalue weighted by Gasteiger charge is 2.22. The van der Waals surface area contributed by atoms with Gasteiger partial charge in [0.05, 0.1) is 0 Å². The van der Waals surface area contributed by atoms with Crippen LogP contribution in [0.25, 0.3) is 0 Å². The Bertz CT molecular complexity index is 423. The molecule has 1 aromatic rings. The topological polar surface area (TPSA) is 43.1 Å². The van der Waals surface area contributed by atoms with Crippen molar-refractivity contribution in [2.75, 3.05) is 5.73 Å². The zero-order chi connectivity index (χ0) is 13.0. The van der Waals surface area contributed by atoms with Gasteiger partial charge in [-0.25, -0.2) is 0 Å². The van der Waals surface area contributed by atoms with E-state index in [1.807, 2.05) is 12.1 Å². The van der Waals surface area contributed by atoms with Crippen LogP contribution in [0.2, 0.25) is 0 Å². The van der Waals surface area contributed by atoms with Crippen LogP contribution in [0.3, 0.4) is 0 Å². The summed E-state index contributed by atoms with van der Waals surface area (Å²) in [4.78, 5) is 12.5. The molecule has 1 saturated carbocycles. The van der Waals surface area contributed by atoms with Gasteiger partial charge in [0, 0.05) is 21.6 Å². The van der Waals surface area contributed by atoms with Crippen molar-refractivity contribution in [2.24, 2.45) is 5.92 Å². The van der Waals surface area contributed by atoms with Gasteiger partial charge in [-0.1, -0.05) is 32.1 Å². The number of carbonyl (C=O) groups excluding carboxylic acids is 1. The monoisotopic (exact) mass is 309 g/mol. The number of halogens is 1. The fourth-order valence-electron chi connectivity index (χ4n) is 2.67. The fourth-order valence-corrected chi connectivity index (χ4v) is 3.26. The highest BCUT2D eigenvalue weighted by Crippen LogP contribution is 2.29. The average Bonchev–Trinajstić information content (AvgIpc) is 2.27. The molecule has 0 amide bonds. The van der Waals surface area contributed by atoms with E-state index in [2.05, 4.69) is 15.9 Å². The normalized spacial score (nSPS) is 18.1. The minimum Gasteiger partial charge on any atom is -0.399 e. The molecule has 98 valence electrons. The van der Waals surface area contributed by atoms with Crippen LogP contribution in [-0.4, -0.2) is 5.78 Å². The molecule has 1 aliphatic rings. The van der Waals surface area contributed by atoms with E-state index in [0.717, 1.165) is 22.9 Å². The second kappa shape index (κ2) is 6.37. The summed E-state index contributed by atoms with van der Waals surface area (Å²) in [5.41, 5.74) is 7.19. The third-order valence-electron chi connectivity index (χ3n) is 3.73. The molecule has 18 heavy (non-hydrogen) atoms. The Balaban J connectivity index is 2.13. The summed E-state index contributed by atoms with van der Waals surface area (Å²) in [6, 6.07) is 5.47. The lowest BCUT2D eigenvalue weighted by atomic mass is 9.85. The van der Waals surface area contributed by atoms with E-state index < -0.39 is 0 Å². The van der Waals surface area contributed by atoms with Crippen molar-refractivity contribution >= 4 is 27.4 Å². The molecule has 0 spiro atoms. The van der Waals surface area contributed by atoms with Crippen molar-refractivity contribution in [1.82, 2.24) is 0 Å². The first-order valence-electron chi connectivity index (χ1n) is 6.77. The molecule has 2 N–H and O–H groups in total. The second-order valence-electron chi connectivity index (χ2n) is 5.15. The van der Waals surface area contributed by atoms with Gasteiger partial charge in [0.15, 0.2) is 5.78 Å². The third-order valence-corrected chi connectivity index (χ3v) is 4.39. The lowest BCUT2D eigenvalue weighted by Crippen LogP contribution is -2.16. The second-order valence-corrected chi connectivity index (χ2v) is 6.00. The maximum atomic E-state index is 12.5. The summed E-state index contributed by atoms with van der Waals surface area (Å²) in [7, 11) is 0. The maximum absolute atomic E-state index is 12.5. The number of benzene rings is 1. The van der Waals surface area contributed by atoms with E-state index in [4.69, 9.17) is 5.73 Å². The minimum atomic E-state index is 0.199. The van der Waals surface area contributed by atoms with Crippen LogP contribution in [0.1, 0.15) is 55.3 Å². The molecular weight excluding hydrogens is 290 g/mol. The number of anilines is 1.